The van der Waals surface area contributed by atoms with Gasteiger partial charge in [0, 0.05) is 51.0 Å². The highest BCUT2D eigenvalue weighted by Gasteiger charge is 2.19. The molecule has 6 nitrogen and oxygen atoms in total. The number of piperazine rings is 1. The Labute approximate surface area is 149 Å². The summed E-state index contributed by atoms with van der Waals surface area (Å²) in [4.78, 5) is 13.8. The van der Waals surface area contributed by atoms with Crippen LogP contribution in [0.2, 0.25) is 0 Å². The van der Waals surface area contributed by atoms with Gasteiger partial charge in [0.05, 0.1) is 11.6 Å². The first kappa shape index (κ1) is 17.2. The number of anilines is 2. The van der Waals surface area contributed by atoms with Crippen molar-refractivity contribution in [3.05, 3.63) is 47.2 Å². The molecule has 0 amide bonds. The van der Waals surface area contributed by atoms with Crippen molar-refractivity contribution in [1.29, 1.82) is 5.26 Å². The summed E-state index contributed by atoms with van der Waals surface area (Å²) in [6.07, 6.45) is 0. The number of hydrogen-bond acceptors (Lipinski definition) is 6. The number of benzene rings is 1. The highest BCUT2D eigenvalue weighted by Crippen LogP contribution is 2.18. The van der Waals surface area contributed by atoms with Gasteiger partial charge in [0.25, 0.3) is 0 Å². The lowest BCUT2D eigenvalue weighted by atomic mass is 10.1. The number of rotatable bonds is 5. The molecule has 3 rings (SSSR count). The van der Waals surface area contributed by atoms with Crippen LogP contribution in [0.15, 0.2) is 30.3 Å². The van der Waals surface area contributed by atoms with Crippen LogP contribution in [0.5, 0.6) is 0 Å². The maximum absolute atomic E-state index is 8.88. The molecule has 0 spiro atoms. The molecule has 2 aromatic rings. The number of aromatic nitrogens is 2. The van der Waals surface area contributed by atoms with E-state index in [-0.39, 0.29) is 0 Å². The third-order valence-corrected chi connectivity index (χ3v) is 4.36. The van der Waals surface area contributed by atoms with Crippen molar-refractivity contribution >= 4 is 11.8 Å². The molecule has 1 aliphatic rings. The summed E-state index contributed by atoms with van der Waals surface area (Å²) in [5, 5.41) is 12.1. The van der Waals surface area contributed by atoms with Crippen molar-refractivity contribution in [3.8, 4) is 6.07 Å². The third kappa shape index (κ3) is 4.46. The number of nitriles is 1. The summed E-state index contributed by atoms with van der Waals surface area (Å²) in [6, 6.07) is 12.1. The highest BCUT2D eigenvalue weighted by molar-refractivity contribution is 5.45. The zero-order valence-electron chi connectivity index (χ0n) is 14.9. The molecule has 130 valence electrons. The first-order chi connectivity index (χ1) is 12.2. The molecule has 6 heteroatoms. The quantitative estimate of drug-likeness (QED) is 0.904. The number of nitrogens with one attached hydrogen (secondary N) is 1. The molecule has 0 atom stereocenters. The minimum atomic E-state index is 0.706. The average molecular weight is 336 g/mol. The van der Waals surface area contributed by atoms with Gasteiger partial charge in [-0.2, -0.15) is 10.2 Å². The van der Waals surface area contributed by atoms with E-state index in [1.807, 2.05) is 38.1 Å². The second-order valence-corrected chi connectivity index (χ2v) is 6.29. The maximum Gasteiger partial charge on any atom is 0.224 e. The molecule has 1 saturated heterocycles. The monoisotopic (exact) mass is 336 g/mol. The minimum absolute atomic E-state index is 0.706. The van der Waals surface area contributed by atoms with Crippen LogP contribution in [-0.2, 0) is 6.54 Å². The Morgan fingerprint density at radius 3 is 2.48 bits per heavy atom. The summed E-state index contributed by atoms with van der Waals surface area (Å²) in [7, 11) is 0. The molecule has 2 heterocycles. The van der Waals surface area contributed by atoms with Crippen LogP contribution in [-0.4, -0.2) is 47.6 Å². The molecule has 1 fully saturated rings. The Hall–Kier alpha value is -2.65. The molecule has 0 saturated carbocycles. The fraction of sp³-hybridized carbons (Fsp3) is 0.421. The number of aryl methyl sites for hydroxylation is 1. The third-order valence-electron chi connectivity index (χ3n) is 4.36. The molecule has 1 aromatic heterocycles. The summed E-state index contributed by atoms with van der Waals surface area (Å²) >= 11 is 0. The summed E-state index contributed by atoms with van der Waals surface area (Å²) in [6.45, 7) is 9.71. The normalized spacial score (nSPS) is 15.0. The van der Waals surface area contributed by atoms with E-state index in [0.29, 0.717) is 11.5 Å². The van der Waals surface area contributed by atoms with Crippen LogP contribution in [0.3, 0.4) is 0 Å². The van der Waals surface area contributed by atoms with Gasteiger partial charge in [-0.15, -0.1) is 0 Å². The zero-order chi connectivity index (χ0) is 17.6. The highest BCUT2D eigenvalue weighted by atomic mass is 15.3. The summed E-state index contributed by atoms with van der Waals surface area (Å²) < 4.78 is 0. The molecule has 25 heavy (non-hydrogen) atoms. The van der Waals surface area contributed by atoms with E-state index in [9.17, 15) is 0 Å². The van der Waals surface area contributed by atoms with E-state index in [1.54, 1.807) is 0 Å². The van der Waals surface area contributed by atoms with Crippen LogP contribution in [0.25, 0.3) is 0 Å². The fourth-order valence-corrected chi connectivity index (χ4v) is 3.03. The van der Waals surface area contributed by atoms with Gasteiger partial charge in [0.2, 0.25) is 5.95 Å². The lowest BCUT2D eigenvalue weighted by molar-refractivity contribution is 0.249. The molecule has 1 aliphatic heterocycles. The van der Waals surface area contributed by atoms with E-state index in [2.05, 4.69) is 37.2 Å². The van der Waals surface area contributed by atoms with Crippen molar-refractivity contribution in [1.82, 2.24) is 14.9 Å². The van der Waals surface area contributed by atoms with Crippen molar-refractivity contribution in [3.63, 3.8) is 0 Å². The van der Waals surface area contributed by atoms with Crippen LogP contribution < -0.4 is 10.2 Å². The largest absolute Gasteiger partial charge is 0.354 e. The predicted molar refractivity (Wildman–Crippen MR) is 99.6 cm³/mol. The Bertz CT molecular complexity index is 741. The topological polar surface area (TPSA) is 68.1 Å². The number of nitrogens with zero attached hydrogens (tertiary/aromatic N) is 5. The second kappa shape index (κ2) is 7.95. The summed E-state index contributed by atoms with van der Waals surface area (Å²) in [5.41, 5.74) is 2.95. The van der Waals surface area contributed by atoms with Gasteiger partial charge in [-0.1, -0.05) is 12.1 Å². The SMILES string of the molecule is CCNc1nc(C)cc(N2CCN(Cc3ccc(C#N)cc3)CC2)n1. The van der Waals surface area contributed by atoms with Crippen LogP contribution in [0, 0.1) is 18.3 Å². The molecule has 0 bridgehead atoms. The van der Waals surface area contributed by atoms with Crippen LogP contribution in [0.4, 0.5) is 11.8 Å². The maximum atomic E-state index is 8.88. The Kier molecular flexibility index (Phi) is 5.46. The fourth-order valence-electron chi connectivity index (χ4n) is 3.03. The molecule has 0 aliphatic carbocycles. The Morgan fingerprint density at radius 1 is 1.12 bits per heavy atom. The molecular formula is C19H24N6. The van der Waals surface area contributed by atoms with Gasteiger partial charge < -0.3 is 10.2 Å². The van der Waals surface area contributed by atoms with Crippen LogP contribution >= 0.6 is 0 Å². The number of hydrogen-bond donors (Lipinski definition) is 1. The molecule has 0 radical (unpaired) electrons. The van der Waals surface area contributed by atoms with Crippen molar-refractivity contribution in [2.75, 3.05) is 42.9 Å². The van der Waals surface area contributed by atoms with E-state index >= 15 is 0 Å². The molecule has 0 unspecified atom stereocenters. The Balaban J connectivity index is 1.59. The van der Waals surface area contributed by atoms with E-state index in [1.165, 1.54) is 5.56 Å². The predicted octanol–water partition coefficient (Wildman–Crippen LogP) is 2.41. The van der Waals surface area contributed by atoms with Gasteiger partial charge in [0.15, 0.2) is 0 Å². The lowest BCUT2D eigenvalue weighted by Gasteiger charge is -2.35. The van der Waals surface area contributed by atoms with E-state index in [4.69, 9.17) is 5.26 Å². The van der Waals surface area contributed by atoms with Gasteiger partial charge in [-0.25, -0.2) is 4.98 Å². The van der Waals surface area contributed by atoms with Gasteiger partial charge in [-0.05, 0) is 31.5 Å². The standard InChI is InChI=1S/C19H24N6/c1-3-21-19-22-15(2)12-18(23-19)25-10-8-24(9-11-25)14-17-6-4-16(13-20)5-7-17/h4-7,12H,3,8-11,14H2,1-2H3,(H,21,22,23). The first-order valence-electron chi connectivity index (χ1n) is 8.74. The second-order valence-electron chi connectivity index (χ2n) is 6.29. The van der Waals surface area contributed by atoms with Crippen molar-refractivity contribution < 1.29 is 0 Å². The average Bonchev–Trinajstić information content (AvgIpc) is 2.63. The van der Waals surface area contributed by atoms with Crippen molar-refractivity contribution in [2.24, 2.45) is 0 Å². The van der Waals surface area contributed by atoms with Gasteiger partial charge in [0.1, 0.15) is 5.82 Å². The van der Waals surface area contributed by atoms with Gasteiger partial charge in [-0.3, -0.25) is 4.90 Å². The van der Waals surface area contributed by atoms with Crippen LogP contribution in [0.1, 0.15) is 23.7 Å². The summed E-state index contributed by atoms with van der Waals surface area (Å²) in [5.74, 6) is 1.71. The van der Waals surface area contributed by atoms with Crippen molar-refractivity contribution in [2.45, 2.75) is 20.4 Å². The minimum Gasteiger partial charge on any atom is -0.354 e. The molecular weight excluding hydrogens is 312 g/mol. The lowest BCUT2D eigenvalue weighted by Crippen LogP contribution is -2.46. The Morgan fingerprint density at radius 2 is 1.84 bits per heavy atom. The zero-order valence-corrected chi connectivity index (χ0v) is 14.9. The first-order valence-corrected chi connectivity index (χ1v) is 8.74. The molecule has 1 N–H and O–H groups in total. The van der Waals surface area contributed by atoms with E-state index in [0.717, 1.165) is 50.8 Å². The smallest absolute Gasteiger partial charge is 0.224 e. The van der Waals surface area contributed by atoms with Gasteiger partial charge >= 0.3 is 0 Å². The van der Waals surface area contributed by atoms with E-state index < -0.39 is 0 Å². The molecule has 1 aromatic carbocycles.